The highest BCUT2D eigenvalue weighted by Crippen LogP contribution is 2.01. The summed E-state index contributed by atoms with van der Waals surface area (Å²) in [5, 5.41) is 22.7. The first-order chi connectivity index (χ1) is 7.20. The maximum atomic E-state index is 10.8. The Kier molecular flexibility index (Phi) is 3.33. The molecular weight excluding hydrogens is 200 g/mol. The van der Waals surface area contributed by atoms with E-state index in [9.17, 15) is 4.79 Å². The summed E-state index contributed by atoms with van der Waals surface area (Å²) in [5.41, 5.74) is 4.46. The molecule has 4 N–H and O–H groups in total. The van der Waals surface area contributed by atoms with Crippen LogP contribution in [-0.4, -0.2) is 32.7 Å². The van der Waals surface area contributed by atoms with E-state index in [1.807, 2.05) is 0 Å². The van der Waals surface area contributed by atoms with Crippen molar-refractivity contribution in [3.63, 3.8) is 0 Å². The predicted octanol–water partition coefficient (Wildman–Crippen LogP) is -0.425. The number of nitrogens with zero attached hydrogens (tertiary/aromatic N) is 3. The van der Waals surface area contributed by atoms with Gasteiger partial charge in [-0.05, 0) is 12.1 Å². The fraction of sp³-hybridized carbons (Fsp3) is 0. The molecule has 0 bridgehead atoms. The lowest BCUT2D eigenvalue weighted by atomic mass is 10.1. The molecule has 1 aromatic heterocycles. The molecule has 0 unspecified atom stereocenters. The molecule has 15 heavy (non-hydrogen) atoms. The van der Waals surface area contributed by atoms with Crippen molar-refractivity contribution in [1.29, 1.82) is 0 Å². The van der Waals surface area contributed by atoms with Gasteiger partial charge in [0, 0.05) is 18.0 Å². The monoisotopic (exact) mass is 208 g/mol. The number of pyridine rings is 1. The largest absolute Gasteiger partial charge is 0.410 e. The average molecular weight is 208 g/mol. The van der Waals surface area contributed by atoms with E-state index in [4.69, 9.17) is 16.1 Å². The maximum Gasteiger partial charge on any atom is 0.273 e. The van der Waals surface area contributed by atoms with Crippen LogP contribution in [0.4, 0.5) is 0 Å². The number of carbonyl (C=O) groups is 1. The Bertz CT molecular complexity index is 413. The fourth-order valence-corrected chi connectivity index (χ4v) is 0.958. The van der Waals surface area contributed by atoms with Crippen molar-refractivity contribution in [1.82, 2.24) is 4.98 Å². The number of hydrogen-bond donors (Lipinski definition) is 3. The highest BCUT2D eigenvalue weighted by molar-refractivity contribution is 6.69. The van der Waals surface area contributed by atoms with Crippen molar-refractivity contribution in [2.75, 3.05) is 0 Å². The fourth-order valence-electron chi connectivity index (χ4n) is 0.958. The molecule has 1 aromatic rings. The van der Waals surface area contributed by atoms with E-state index in [0.717, 1.165) is 0 Å². The lowest BCUT2D eigenvalue weighted by molar-refractivity contribution is -0.111. The maximum absolute atomic E-state index is 10.8. The quantitative estimate of drug-likeness (QED) is 0.354. The number of amides is 1. The minimum Gasteiger partial charge on any atom is -0.410 e. The van der Waals surface area contributed by atoms with Crippen molar-refractivity contribution < 1.29 is 15.2 Å². The number of oxime groups is 2. The molecular formula is C8H8N4O3. The number of hydrogen-bond acceptors (Lipinski definition) is 6. The molecule has 0 aromatic carbocycles. The second-order valence-electron chi connectivity index (χ2n) is 2.50. The zero-order valence-electron chi connectivity index (χ0n) is 7.53. The van der Waals surface area contributed by atoms with E-state index in [2.05, 4.69) is 15.3 Å². The van der Waals surface area contributed by atoms with Crippen molar-refractivity contribution in [2.45, 2.75) is 0 Å². The van der Waals surface area contributed by atoms with E-state index < -0.39 is 11.6 Å². The van der Waals surface area contributed by atoms with E-state index in [1.54, 1.807) is 6.07 Å². The number of rotatable bonds is 3. The SMILES string of the molecule is NC(=O)C(=NO)C(=NO)c1cccnc1. The summed E-state index contributed by atoms with van der Waals surface area (Å²) in [5.74, 6) is -1.01. The molecule has 7 heteroatoms. The number of carbonyl (C=O) groups excluding carboxylic acids is 1. The van der Waals surface area contributed by atoms with Crippen LogP contribution in [0.2, 0.25) is 0 Å². The van der Waals surface area contributed by atoms with Gasteiger partial charge in [0.15, 0.2) is 5.71 Å². The minimum absolute atomic E-state index is 0.238. The van der Waals surface area contributed by atoms with Crippen molar-refractivity contribution in [3.05, 3.63) is 30.1 Å². The van der Waals surface area contributed by atoms with E-state index in [-0.39, 0.29) is 5.71 Å². The molecule has 0 saturated carbocycles. The molecule has 0 fully saturated rings. The Morgan fingerprint density at radius 3 is 2.53 bits per heavy atom. The molecule has 0 aliphatic rings. The third-order valence-electron chi connectivity index (χ3n) is 1.59. The molecule has 0 aliphatic carbocycles. The summed E-state index contributed by atoms with van der Waals surface area (Å²) in [6.45, 7) is 0. The smallest absolute Gasteiger partial charge is 0.273 e. The van der Waals surface area contributed by atoms with Crippen LogP contribution in [0.3, 0.4) is 0 Å². The van der Waals surface area contributed by atoms with Gasteiger partial charge in [-0.15, -0.1) is 0 Å². The molecule has 1 rings (SSSR count). The lowest BCUT2D eigenvalue weighted by Gasteiger charge is -2.02. The van der Waals surface area contributed by atoms with Gasteiger partial charge in [0.2, 0.25) is 0 Å². The average Bonchev–Trinajstić information content (AvgIpc) is 2.26. The van der Waals surface area contributed by atoms with Gasteiger partial charge in [-0.2, -0.15) is 0 Å². The van der Waals surface area contributed by atoms with Gasteiger partial charge in [-0.3, -0.25) is 9.78 Å². The van der Waals surface area contributed by atoms with Gasteiger partial charge in [-0.25, -0.2) is 0 Å². The minimum atomic E-state index is -1.01. The van der Waals surface area contributed by atoms with Crippen LogP contribution in [0.25, 0.3) is 0 Å². The summed E-state index contributed by atoms with van der Waals surface area (Å²) in [7, 11) is 0. The molecule has 0 aliphatic heterocycles. The third kappa shape index (κ3) is 2.27. The Morgan fingerprint density at radius 1 is 1.40 bits per heavy atom. The summed E-state index contributed by atoms with van der Waals surface area (Å²) in [6.07, 6.45) is 2.84. The summed E-state index contributed by atoms with van der Waals surface area (Å²) < 4.78 is 0. The Balaban J connectivity index is 3.17. The summed E-state index contributed by atoms with van der Waals surface area (Å²) >= 11 is 0. The zero-order chi connectivity index (χ0) is 11.3. The second-order valence-corrected chi connectivity index (χ2v) is 2.50. The Hall–Kier alpha value is -2.44. The van der Waals surface area contributed by atoms with Crippen LogP contribution < -0.4 is 5.73 Å². The first kappa shape index (κ1) is 10.6. The van der Waals surface area contributed by atoms with Gasteiger partial charge < -0.3 is 16.1 Å². The van der Waals surface area contributed by atoms with Crippen LogP contribution in [0.5, 0.6) is 0 Å². The van der Waals surface area contributed by atoms with Gasteiger partial charge in [-0.1, -0.05) is 10.3 Å². The normalized spacial score (nSPS) is 12.5. The van der Waals surface area contributed by atoms with E-state index >= 15 is 0 Å². The van der Waals surface area contributed by atoms with Crippen molar-refractivity contribution >= 4 is 17.3 Å². The first-order valence-corrected chi connectivity index (χ1v) is 3.85. The molecule has 1 heterocycles. The van der Waals surface area contributed by atoms with Crippen LogP contribution in [0, 0.1) is 0 Å². The highest BCUT2D eigenvalue weighted by Gasteiger charge is 2.18. The van der Waals surface area contributed by atoms with Gasteiger partial charge in [0.1, 0.15) is 5.71 Å². The number of nitrogens with two attached hydrogens (primary N) is 1. The zero-order valence-corrected chi connectivity index (χ0v) is 7.53. The molecule has 0 atom stereocenters. The topological polar surface area (TPSA) is 121 Å². The second kappa shape index (κ2) is 4.70. The molecule has 78 valence electrons. The number of aromatic nitrogens is 1. The van der Waals surface area contributed by atoms with Gasteiger partial charge in [0.05, 0.1) is 0 Å². The lowest BCUT2D eigenvalue weighted by Crippen LogP contribution is -2.31. The highest BCUT2D eigenvalue weighted by atomic mass is 16.4. The van der Waals surface area contributed by atoms with E-state index in [1.165, 1.54) is 18.5 Å². The van der Waals surface area contributed by atoms with Crippen molar-refractivity contribution in [2.24, 2.45) is 16.0 Å². The van der Waals surface area contributed by atoms with Gasteiger partial charge >= 0.3 is 0 Å². The van der Waals surface area contributed by atoms with Crippen molar-refractivity contribution in [3.8, 4) is 0 Å². The van der Waals surface area contributed by atoms with E-state index in [0.29, 0.717) is 5.56 Å². The first-order valence-electron chi connectivity index (χ1n) is 3.85. The Labute approximate surface area is 84.5 Å². The van der Waals surface area contributed by atoms with Gasteiger partial charge in [0.25, 0.3) is 5.91 Å². The summed E-state index contributed by atoms with van der Waals surface area (Å²) in [6, 6.07) is 3.09. The third-order valence-corrected chi connectivity index (χ3v) is 1.59. The molecule has 7 nitrogen and oxygen atoms in total. The standard InChI is InChI=1S/C8H8N4O3/c9-8(13)7(12-15)6(11-14)5-2-1-3-10-4-5/h1-4,14-15H,(H2,9,13). The van der Waals surface area contributed by atoms with Crippen LogP contribution >= 0.6 is 0 Å². The molecule has 1 amide bonds. The molecule has 0 spiro atoms. The van der Waals surface area contributed by atoms with Crippen LogP contribution in [0.1, 0.15) is 5.56 Å². The van der Waals surface area contributed by atoms with Crippen LogP contribution in [0.15, 0.2) is 34.8 Å². The summed E-state index contributed by atoms with van der Waals surface area (Å²) in [4.78, 5) is 14.6. The molecule has 0 radical (unpaired) electrons. The number of primary amides is 1. The predicted molar refractivity (Wildman–Crippen MR) is 51.0 cm³/mol. The molecule has 0 saturated heterocycles. The Morgan fingerprint density at radius 2 is 2.13 bits per heavy atom. The van der Waals surface area contributed by atoms with Crippen LogP contribution in [-0.2, 0) is 4.79 Å².